The van der Waals surface area contributed by atoms with Crippen molar-refractivity contribution in [2.24, 2.45) is 10.8 Å². The summed E-state index contributed by atoms with van der Waals surface area (Å²) in [4.78, 5) is 8.45. The molecule has 2 aromatic rings. The topological polar surface area (TPSA) is 174 Å². The quantitative estimate of drug-likeness (QED) is 0.457. The van der Waals surface area contributed by atoms with Gasteiger partial charge in [-0.05, 0) is 0 Å². The van der Waals surface area contributed by atoms with E-state index in [1.165, 1.54) is 6.33 Å². The molecule has 130 valence electrons. The van der Waals surface area contributed by atoms with E-state index in [0.717, 1.165) is 0 Å². The van der Waals surface area contributed by atoms with Crippen LogP contribution in [0.2, 0.25) is 0 Å². The van der Waals surface area contributed by atoms with Gasteiger partial charge >= 0.3 is 0 Å². The number of amidine groups is 1. The van der Waals surface area contributed by atoms with Crippen molar-refractivity contribution in [3.8, 4) is 0 Å². The number of aromatic nitrogens is 3. The normalized spacial score (nSPS) is 28.8. The molecular weight excluding hydrogens is 320 g/mol. The smallest absolute Gasteiger partial charge is 0.164 e. The molecule has 4 heterocycles. The summed E-state index contributed by atoms with van der Waals surface area (Å²) in [6.07, 6.45) is -1.10. The summed E-state index contributed by atoms with van der Waals surface area (Å²) in [5.74, 6) is 0.884. The number of rotatable bonds is 2. The second kappa shape index (κ2) is 5.65. The lowest BCUT2D eigenvalue weighted by Gasteiger charge is -2.19. The van der Waals surface area contributed by atoms with E-state index >= 15 is 0 Å². The molecule has 4 atom stereocenters. The molecule has 2 aliphatic rings. The fraction of sp³-hybridized carbons (Fsp3) is 0.462. The molecule has 4 rings (SSSR count). The number of hydrazone groups is 1. The Labute approximate surface area is 135 Å². The summed E-state index contributed by atoms with van der Waals surface area (Å²) in [5, 5.41) is 35.9. The highest BCUT2D eigenvalue weighted by Gasteiger charge is 2.44. The second-order valence-corrected chi connectivity index (χ2v) is 5.58. The average Bonchev–Trinajstić information content (AvgIpc) is 3.05. The third-order valence-corrected chi connectivity index (χ3v) is 4.22. The van der Waals surface area contributed by atoms with Gasteiger partial charge in [0, 0.05) is 18.8 Å². The first kappa shape index (κ1) is 16.5. The molecule has 2 aliphatic heterocycles. The zero-order valence-electron chi connectivity index (χ0n) is 12.7. The lowest BCUT2D eigenvalue weighted by molar-refractivity contribution is -0.0508. The van der Waals surface area contributed by atoms with E-state index in [4.69, 9.17) is 10.5 Å². The number of hydrogen-bond donors (Lipinski definition) is 4. The molecule has 0 radical (unpaired) electrons. The first-order valence-electron chi connectivity index (χ1n) is 7.09. The third-order valence-electron chi connectivity index (χ3n) is 4.22. The van der Waals surface area contributed by atoms with Crippen LogP contribution in [0.25, 0.3) is 11.0 Å². The number of anilines is 1. The molecule has 0 bridgehead atoms. The molecule has 24 heavy (non-hydrogen) atoms. The summed E-state index contributed by atoms with van der Waals surface area (Å²) in [6, 6.07) is 0. The highest BCUT2D eigenvalue weighted by Crippen LogP contribution is 2.36. The van der Waals surface area contributed by atoms with Crippen molar-refractivity contribution in [2.75, 3.05) is 18.7 Å². The van der Waals surface area contributed by atoms with E-state index in [2.05, 4.69) is 15.1 Å². The van der Waals surface area contributed by atoms with Crippen molar-refractivity contribution in [3.63, 3.8) is 0 Å². The van der Waals surface area contributed by atoms with Crippen molar-refractivity contribution in [2.45, 2.75) is 24.5 Å². The monoisotopic (exact) mass is 338 g/mol. The number of ether oxygens (including phenoxy) is 1. The lowest BCUT2D eigenvalue weighted by Crippen LogP contribution is -2.33. The Morgan fingerprint density at radius 1 is 1.29 bits per heavy atom. The average molecular weight is 338 g/mol. The fourth-order valence-electron chi connectivity index (χ4n) is 3.07. The largest absolute Gasteiger partial charge is 0.412 e. The molecule has 2 aromatic heterocycles. The fourth-order valence-corrected chi connectivity index (χ4v) is 3.07. The predicted molar refractivity (Wildman–Crippen MR) is 83.3 cm³/mol. The van der Waals surface area contributed by atoms with Crippen molar-refractivity contribution in [3.05, 3.63) is 18.1 Å². The van der Waals surface area contributed by atoms with Crippen LogP contribution in [0.15, 0.2) is 17.6 Å². The minimum absolute atomic E-state index is 0. The number of nitrogens with zero attached hydrogens (tertiary/aromatic N) is 5. The summed E-state index contributed by atoms with van der Waals surface area (Å²) in [5.41, 5.74) is 7.10. The van der Waals surface area contributed by atoms with Crippen molar-refractivity contribution < 1.29 is 25.5 Å². The van der Waals surface area contributed by atoms with E-state index in [0.29, 0.717) is 28.3 Å². The number of aliphatic hydroxyl groups is 3. The van der Waals surface area contributed by atoms with Gasteiger partial charge < -0.3 is 35.8 Å². The molecule has 0 amide bonds. The minimum Gasteiger partial charge on any atom is -0.412 e. The van der Waals surface area contributed by atoms with E-state index in [1.807, 2.05) is 0 Å². The van der Waals surface area contributed by atoms with Gasteiger partial charge in [0.2, 0.25) is 0 Å². The Morgan fingerprint density at radius 3 is 2.71 bits per heavy atom. The Morgan fingerprint density at radius 2 is 2.04 bits per heavy atom. The zero-order valence-corrected chi connectivity index (χ0v) is 12.7. The van der Waals surface area contributed by atoms with Gasteiger partial charge in [-0.3, -0.25) is 0 Å². The van der Waals surface area contributed by atoms with Crippen LogP contribution >= 0.6 is 0 Å². The molecule has 0 saturated carbocycles. The molecule has 11 heteroatoms. The van der Waals surface area contributed by atoms with Crippen LogP contribution in [0.5, 0.6) is 0 Å². The first-order chi connectivity index (χ1) is 11.0. The predicted octanol–water partition coefficient (Wildman–Crippen LogP) is -2.71. The Balaban J connectivity index is 0.00000169. The van der Waals surface area contributed by atoms with Crippen LogP contribution in [-0.4, -0.2) is 73.1 Å². The molecule has 11 nitrogen and oxygen atoms in total. The van der Waals surface area contributed by atoms with Crippen LogP contribution in [-0.2, 0) is 4.74 Å². The molecule has 7 N–H and O–H groups in total. The number of nitrogens with two attached hydrogens (primary N) is 1. The van der Waals surface area contributed by atoms with Gasteiger partial charge in [0.15, 0.2) is 17.9 Å². The molecule has 0 spiro atoms. The summed E-state index contributed by atoms with van der Waals surface area (Å²) < 4.78 is 7.15. The van der Waals surface area contributed by atoms with Gasteiger partial charge in [-0.1, -0.05) is 0 Å². The molecule has 1 saturated heterocycles. The SMILES string of the molecule is CN1N=C(N)c2cn([C@@H]3O[C@H](CO)[C@@H](O)[C@H]3O)c3ncnc1c23.O. The van der Waals surface area contributed by atoms with Crippen LogP contribution in [0, 0.1) is 0 Å². The summed E-state index contributed by atoms with van der Waals surface area (Å²) in [7, 11) is 1.72. The van der Waals surface area contributed by atoms with Gasteiger partial charge in [0.05, 0.1) is 12.0 Å². The Hall–Kier alpha value is -2.31. The first-order valence-corrected chi connectivity index (χ1v) is 7.09. The van der Waals surface area contributed by atoms with E-state index in [-0.39, 0.29) is 5.48 Å². The summed E-state index contributed by atoms with van der Waals surface area (Å²) >= 11 is 0. The Bertz CT molecular complexity index is 807. The maximum Gasteiger partial charge on any atom is 0.164 e. The summed E-state index contributed by atoms with van der Waals surface area (Å²) in [6.45, 7) is -0.395. The zero-order chi connectivity index (χ0) is 16.3. The maximum absolute atomic E-state index is 10.2. The van der Waals surface area contributed by atoms with Crippen LogP contribution < -0.4 is 10.7 Å². The Kier molecular flexibility index (Phi) is 3.89. The minimum atomic E-state index is -1.20. The van der Waals surface area contributed by atoms with Gasteiger partial charge in [-0.15, -0.1) is 0 Å². The van der Waals surface area contributed by atoms with Gasteiger partial charge in [0.1, 0.15) is 30.3 Å². The van der Waals surface area contributed by atoms with Gasteiger partial charge in [-0.2, -0.15) is 5.10 Å². The van der Waals surface area contributed by atoms with Crippen LogP contribution in [0.3, 0.4) is 0 Å². The molecule has 0 aromatic carbocycles. The molecule has 0 aliphatic carbocycles. The highest BCUT2D eigenvalue weighted by atomic mass is 16.6. The second-order valence-electron chi connectivity index (χ2n) is 5.58. The molecule has 1 fully saturated rings. The number of aliphatic hydroxyl groups excluding tert-OH is 3. The third kappa shape index (κ3) is 2.07. The lowest BCUT2D eigenvalue weighted by atomic mass is 10.1. The van der Waals surface area contributed by atoms with Crippen molar-refractivity contribution >= 4 is 22.7 Å². The van der Waals surface area contributed by atoms with Gasteiger partial charge in [-0.25, -0.2) is 15.0 Å². The van der Waals surface area contributed by atoms with Crippen molar-refractivity contribution in [1.29, 1.82) is 0 Å². The van der Waals surface area contributed by atoms with Crippen molar-refractivity contribution in [1.82, 2.24) is 14.5 Å². The van der Waals surface area contributed by atoms with E-state index in [9.17, 15) is 15.3 Å². The highest BCUT2D eigenvalue weighted by molar-refractivity contribution is 6.13. The van der Waals surface area contributed by atoms with Crippen LogP contribution in [0.4, 0.5) is 5.82 Å². The van der Waals surface area contributed by atoms with E-state index < -0.39 is 31.1 Å². The molecule has 0 unspecified atom stereocenters. The number of hydrogen-bond acceptors (Lipinski definition) is 9. The molecular formula is C13H18N6O5. The van der Waals surface area contributed by atoms with E-state index in [1.54, 1.807) is 22.8 Å². The maximum atomic E-state index is 10.2. The van der Waals surface area contributed by atoms with Crippen LogP contribution in [0.1, 0.15) is 11.8 Å². The van der Waals surface area contributed by atoms with Gasteiger partial charge in [0.25, 0.3) is 0 Å². The standard InChI is InChI=1S/C13H16N6O4.H2O/c1-18-11-7-5(10(14)17-18)2-19(12(7)16-4-15-11)13-9(22)8(21)6(3-20)23-13;/h2,4,6,8-9,13,20-22H,3H2,1H3,(H2,14,17);1H2/t6-,8-,9-,13-;/m1./s1.